The van der Waals surface area contributed by atoms with Crippen molar-refractivity contribution in [3.63, 3.8) is 0 Å². The van der Waals surface area contributed by atoms with Crippen LogP contribution in [0.25, 0.3) is 0 Å². The number of pyridine rings is 1. The van der Waals surface area contributed by atoms with Crippen LogP contribution < -0.4 is 0 Å². The number of hydrogen-bond acceptors (Lipinski definition) is 8. The van der Waals surface area contributed by atoms with E-state index in [0.29, 0.717) is 43.1 Å². The summed E-state index contributed by atoms with van der Waals surface area (Å²) in [4.78, 5) is 46.3. The van der Waals surface area contributed by atoms with Gasteiger partial charge < -0.3 is 14.5 Å². The van der Waals surface area contributed by atoms with E-state index in [2.05, 4.69) is 39.8 Å². The number of carbonyl (C=O) groups excluding carboxylic acids is 2. The summed E-state index contributed by atoms with van der Waals surface area (Å²) in [5, 5.41) is 9.23. The summed E-state index contributed by atoms with van der Waals surface area (Å²) in [5.74, 6) is 0.286. The Labute approximate surface area is 261 Å². The number of likely N-dealkylation sites (tertiary alicyclic amines) is 2. The number of hydrogen-bond donors (Lipinski definition) is 0. The van der Waals surface area contributed by atoms with E-state index >= 15 is 0 Å². The van der Waals surface area contributed by atoms with Crippen LogP contribution in [0.15, 0.2) is 12.4 Å². The molecule has 3 aliphatic heterocycles. The van der Waals surface area contributed by atoms with Crippen molar-refractivity contribution >= 4 is 12.0 Å². The molecule has 2 amide bonds. The molecule has 0 bridgehead atoms. The van der Waals surface area contributed by atoms with Crippen molar-refractivity contribution in [2.75, 3.05) is 32.7 Å². The quantitative estimate of drug-likeness (QED) is 0.422. The standard InChI is InChI=1S/C34H47N7O3/c1-7-8-9-27-20-40(21-29-24(3)36-22-37-25(29)4)32(43)44-34(27)12-16-41(17-13-34)33(6)10-14-39(15-11-33)31(42)30-23(2)18-28(19-35)38-26(30)5/h18,22,27H,7-17,20-21H2,1-6H3/t27-/m0/s1. The van der Waals surface area contributed by atoms with E-state index in [9.17, 15) is 14.9 Å². The fourth-order valence-electron chi connectivity index (χ4n) is 7.62. The van der Waals surface area contributed by atoms with E-state index in [4.69, 9.17) is 4.74 Å². The molecule has 0 saturated carbocycles. The molecule has 1 atom stereocenters. The molecule has 0 aliphatic carbocycles. The molecule has 3 aliphatic rings. The normalized spacial score (nSPS) is 21.7. The Morgan fingerprint density at radius 3 is 2.30 bits per heavy atom. The minimum absolute atomic E-state index is 0.00141. The number of ether oxygens (including phenoxy) is 1. The maximum atomic E-state index is 13.5. The van der Waals surface area contributed by atoms with Crippen molar-refractivity contribution in [2.24, 2.45) is 5.92 Å². The Balaban J connectivity index is 1.23. The first-order valence-electron chi connectivity index (χ1n) is 16.2. The summed E-state index contributed by atoms with van der Waals surface area (Å²) in [6.45, 7) is 16.5. The van der Waals surface area contributed by atoms with Crippen LogP contribution >= 0.6 is 0 Å². The van der Waals surface area contributed by atoms with Crippen molar-refractivity contribution in [3.05, 3.63) is 51.9 Å². The largest absolute Gasteiger partial charge is 0.442 e. The van der Waals surface area contributed by atoms with Crippen LogP contribution in [0.1, 0.15) is 103 Å². The highest BCUT2D eigenvalue weighted by Gasteiger charge is 2.51. The van der Waals surface area contributed by atoms with E-state index in [1.54, 1.807) is 12.4 Å². The highest BCUT2D eigenvalue weighted by Crippen LogP contribution is 2.43. The van der Waals surface area contributed by atoms with Gasteiger partial charge in [-0.3, -0.25) is 9.69 Å². The molecule has 5 heterocycles. The molecule has 0 N–H and O–H groups in total. The lowest BCUT2D eigenvalue weighted by molar-refractivity contribution is -0.134. The molecule has 10 heteroatoms. The van der Waals surface area contributed by atoms with Crippen LogP contribution in [0.3, 0.4) is 0 Å². The molecule has 2 aromatic heterocycles. The summed E-state index contributed by atoms with van der Waals surface area (Å²) in [5.41, 5.74) is 4.74. The van der Waals surface area contributed by atoms with Crippen LogP contribution in [0, 0.1) is 44.9 Å². The predicted octanol–water partition coefficient (Wildman–Crippen LogP) is 5.27. The third kappa shape index (κ3) is 6.16. The molecular formula is C34H47N7O3. The summed E-state index contributed by atoms with van der Waals surface area (Å²) in [6, 6.07) is 3.77. The van der Waals surface area contributed by atoms with Crippen molar-refractivity contribution in [1.82, 2.24) is 29.7 Å². The van der Waals surface area contributed by atoms with Gasteiger partial charge in [-0.05, 0) is 65.5 Å². The number of nitriles is 1. The number of aromatic nitrogens is 3. The van der Waals surface area contributed by atoms with E-state index in [1.165, 1.54) is 0 Å². The Hall–Kier alpha value is -3.58. The van der Waals surface area contributed by atoms with Crippen molar-refractivity contribution < 1.29 is 14.3 Å². The monoisotopic (exact) mass is 601 g/mol. The molecule has 3 fully saturated rings. The third-order valence-corrected chi connectivity index (χ3v) is 10.6. The van der Waals surface area contributed by atoms with Crippen molar-refractivity contribution in [2.45, 2.75) is 104 Å². The average Bonchev–Trinajstić information content (AvgIpc) is 2.99. The zero-order valence-electron chi connectivity index (χ0n) is 27.3. The van der Waals surface area contributed by atoms with Gasteiger partial charge in [0.1, 0.15) is 23.7 Å². The summed E-state index contributed by atoms with van der Waals surface area (Å²) in [6.07, 6.45) is 8.06. The third-order valence-electron chi connectivity index (χ3n) is 10.6. The molecule has 0 aromatic carbocycles. The highest BCUT2D eigenvalue weighted by atomic mass is 16.6. The van der Waals surface area contributed by atoms with Crippen LogP contribution in [0.2, 0.25) is 0 Å². The topological polar surface area (TPSA) is 116 Å². The van der Waals surface area contributed by atoms with Gasteiger partial charge >= 0.3 is 6.09 Å². The smallest absolute Gasteiger partial charge is 0.410 e. The summed E-state index contributed by atoms with van der Waals surface area (Å²) >= 11 is 0. The second-order valence-corrected chi connectivity index (χ2v) is 13.3. The van der Waals surface area contributed by atoms with Crippen LogP contribution in [-0.2, 0) is 11.3 Å². The van der Waals surface area contributed by atoms with Gasteiger partial charge in [0.25, 0.3) is 5.91 Å². The van der Waals surface area contributed by atoms with Crippen LogP contribution in [0.5, 0.6) is 0 Å². The molecule has 0 unspecified atom stereocenters. The number of aryl methyl sites for hydroxylation is 4. The maximum Gasteiger partial charge on any atom is 0.410 e. The van der Waals surface area contributed by atoms with Gasteiger partial charge in [0, 0.05) is 74.0 Å². The average molecular weight is 602 g/mol. The van der Waals surface area contributed by atoms with Crippen LogP contribution in [-0.4, -0.2) is 85.5 Å². The number of rotatable bonds is 7. The molecule has 2 aromatic rings. The second-order valence-electron chi connectivity index (χ2n) is 13.3. The summed E-state index contributed by atoms with van der Waals surface area (Å²) in [7, 11) is 0. The predicted molar refractivity (Wildman–Crippen MR) is 167 cm³/mol. The first-order chi connectivity index (χ1) is 21.0. The first-order valence-corrected chi connectivity index (χ1v) is 16.2. The molecule has 5 rings (SSSR count). The first kappa shape index (κ1) is 31.8. The van der Waals surface area contributed by atoms with E-state index in [0.717, 1.165) is 80.6 Å². The van der Waals surface area contributed by atoms with Gasteiger partial charge in [-0.25, -0.2) is 19.7 Å². The SMILES string of the molecule is CCCC[C@H]1CN(Cc2c(C)ncnc2C)C(=O)OC12CCN(C1(C)CCN(C(=O)c3c(C)cc(C#N)nc3C)CC1)CC2. The van der Waals surface area contributed by atoms with E-state index in [1.807, 2.05) is 37.5 Å². The maximum absolute atomic E-state index is 13.5. The Bertz CT molecular complexity index is 1390. The van der Waals surface area contributed by atoms with Gasteiger partial charge in [0.2, 0.25) is 0 Å². The van der Waals surface area contributed by atoms with Gasteiger partial charge in [-0.2, -0.15) is 5.26 Å². The molecule has 44 heavy (non-hydrogen) atoms. The lowest BCUT2D eigenvalue weighted by Crippen LogP contribution is -2.63. The summed E-state index contributed by atoms with van der Waals surface area (Å²) < 4.78 is 6.43. The molecule has 3 saturated heterocycles. The number of unbranched alkanes of at least 4 members (excludes halogenated alkanes) is 1. The highest BCUT2D eigenvalue weighted by molar-refractivity contribution is 5.96. The molecular weight excluding hydrogens is 554 g/mol. The van der Waals surface area contributed by atoms with E-state index < -0.39 is 5.60 Å². The Morgan fingerprint density at radius 2 is 1.70 bits per heavy atom. The molecule has 0 radical (unpaired) electrons. The number of carbonyl (C=O) groups is 2. The lowest BCUT2D eigenvalue weighted by Gasteiger charge is -2.55. The fraction of sp³-hybridized carbons (Fsp3) is 0.647. The zero-order chi connectivity index (χ0) is 31.6. The van der Waals surface area contributed by atoms with Gasteiger partial charge in [0.05, 0.1) is 17.8 Å². The lowest BCUT2D eigenvalue weighted by atomic mass is 9.74. The molecule has 236 valence electrons. The van der Waals surface area contributed by atoms with Crippen molar-refractivity contribution in [3.8, 4) is 6.07 Å². The van der Waals surface area contributed by atoms with Gasteiger partial charge in [-0.15, -0.1) is 0 Å². The Morgan fingerprint density at radius 1 is 1.05 bits per heavy atom. The minimum atomic E-state index is -0.429. The fourth-order valence-corrected chi connectivity index (χ4v) is 7.62. The van der Waals surface area contributed by atoms with E-state index in [-0.39, 0.29) is 23.5 Å². The number of amides is 2. The number of nitrogens with zero attached hydrogens (tertiary/aromatic N) is 7. The number of piperidine rings is 2. The Kier molecular flexibility index (Phi) is 9.26. The van der Waals surface area contributed by atoms with Gasteiger partial charge in [0.15, 0.2) is 0 Å². The van der Waals surface area contributed by atoms with Crippen molar-refractivity contribution in [1.29, 1.82) is 5.26 Å². The minimum Gasteiger partial charge on any atom is -0.442 e. The molecule has 1 spiro atoms. The molecule has 10 nitrogen and oxygen atoms in total. The zero-order valence-corrected chi connectivity index (χ0v) is 27.3. The van der Waals surface area contributed by atoms with Crippen LogP contribution in [0.4, 0.5) is 4.79 Å². The second kappa shape index (κ2) is 12.8. The van der Waals surface area contributed by atoms with Gasteiger partial charge in [-0.1, -0.05) is 19.8 Å².